The average Bonchev–Trinajstić information content (AvgIpc) is 2.72. The quantitative estimate of drug-likeness (QED) is 0.882. The van der Waals surface area contributed by atoms with E-state index in [9.17, 15) is 0 Å². The number of halogens is 1. The second-order valence-corrected chi connectivity index (χ2v) is 5.92. The van der Waals surface area contributed by atoms with E-state index >= 15 is 0 Å². The van der Waals surface area contributed by atoms with Crippen LogP contribution >= 0.6 is 15.9 Å². The molecule has 1 N–H and O–H groups in total. The average molecular weight is 336 g/mol. The van der Waals surface area contributed by atoms with Crippen molar-refractivity contribution >= 4 is 15.9 Å². The second kappa shape index (κ2) is 6.55. The van der Waals surface area contributed by atoms with E-state index in [1.807, 2.05) is 11.6 Å². The normalized spacial score (nSPS) is 12.7. The number of aromatic nitrogens is 2. The molecule has 0 aliphatic carbocycles. The second-order valence-electron chi connectivity index (χ2n) is 5.13. The highest BCUT2D eigenvalue weighted by atomic mass is 79.9. The minimum absolute atomic E-state index is 0.314. The van der Waals surface area contributed by atoms with Crippen LogP contribution in [-0.4, -0.2) is 16.3 Å². The number of hydrogen-bond donors (Lipinski definition) is 1. The van der Waals surface area contributed by atoms with Crippen LogP contribution in [0.3, 0.4) is 0 Å². The summed E-state index contributed by atoms with van der Waals surface area (Å²) in [4.78, 5) is 0. The van der Waals surface area contributed by atoms with E-state index < -0.39 is 0 Å². The Hall–Kier alpha value is -1.13. The summed E-state index contributed by atoms with van der Waals surface area (Å²) >= 11 is 3.60. The fourth-order valence-electron chi connectivity index (χ4n) is 2.38. The van der Waals surface area contributed by atoms with Gasteiger partial charge in [-0.1, -0.05) is 25.1 Å². The van der Waals surface area contributed by atoms with Gasteiger partial charge < -0.3 is 5.32 Å². The van der Waals surface area contributed by atoms with E-state index in [0.717, 1.165) is 34.5 Å². The van der Waals surface area contributed by atoms with Crippen LogP contribution in [0.15, 0.2) is 28.7 Å². The van der Waals surface area contributed by atoms with Crippen molar-refractivity contribution in [2.75, 3.05) is 6.54 Å². The summed E-state index contributed by atoms with van der Waals surface area (Å²) in [7, 11) is 0. The van der Waals surface area contributed by atoms with E-state index in [1.165, 1.54) is 5.56 Å². The Balaban J connectivity index is 2.44. The van der Waals surface area contributed by atoms with Gasteiger partial charge in [-0.3, -0.25) is 0 Å². The summed E-state index contributed by atoms with van der Waals surface area (Å²) in [6.45, 7) is 9.52. The van der Waals surface area contributed by atoms with Gasteiger partial charge in [0.15, 0.2) is 0 Å². The fourth-order valence-corrected chi connectivity index (χ4v) is 2.62. The Morgan fingerprint density at radius 3 is 2.60 bits per heavy atom. The molecule has 1 unspecified atom stereocenters. The zero-order chi connectivity index (χ0) is 14.7. The van der Waals surface area contributed by atoms with Crippen molar-refractivity contribution in [3.8, 4) is 5.69 Å². The number of nitrogens with one attached hydrogen (secondary N) is 1. The number of rotatable bonds is 5. The van der Waals surface area contributed by atoms with Gasteiger partial charge in [0.25, 0.3) is 0 Å². The molecule has 0 saturated carbocycles. The molecule has 4 heteroatoms. The molecule has 3 nitrogen and oxygen atoms in total. The lowest BCUT2D eigenvalue weighted by atomic mass is 10.1. The minimum atomic E-state index is 0.314. The van der Waals surface area contributed by atoms with Gasteiger partial charge in [-0.25, -0.2) is 4.68 Å². The molecule has 20 heavy (non-hydrogen) atoms. The van der Waals surface area contributed by atoms with Crippen LogP contribution in [0.25, 0.3) is 5.69 Å². The Morgan fingerprint density at radius 2 is 2.00 bits per heavy atom. The summed E-state index contributed by atoms with van der Waals surface area (Å²) in [5.41, 5.74) is 4.58. The monoisotopic (exact) mass is 335 g/mol. The molecule has 1 aromatic heterocycles. The maximum atomic E-state index is 4.65. The van der Waals surface area contributed by atoms with E-state index in [4.69, 9.17) is 0 Å². The Bertz CT molecular complexity index is 589. The number of nitrogens with zero attached hydrogens (tertiary/aromatic N) is 2. The summed E-state index contributed by atoms with van der Waals surface area (Å²) in [6, 6.07) is 8.77. The molecule has 1 heterocycles. The zero-order valence-corrected chi connectivity index (χ0v) is 14.2. The highest BCUT2D eigenvalue weighted by Crippen LogP contribution is 2.27. The SMILES string of the molecule is CCCNC(C)c1ccccc1-n1nc(C)c(Br)c1C. The van der Waals surface area contributed by atoms with Crippen LogP contribution < -0.4 is 5.32 Å². The van der Waals surface area contributed by atoms with E-state index in [2.05, 4.69) is 71.4 Å². The maximum absolute atomic E-state index is 4.65. The van der Waals surface area contributed by atoms with Gasteiger partial charge >= 0.3 is 0 Å². The van der Waals surface area contributed by atoms with Crippen LogP contribution in [0, 0.1) is 13.8 Å². The number of para-hydroxylation sites is 1. The molecule has 0 bridgehead atoms. The molecule has 0 spiro atoms. The van der Waals surface area contributed by atoms with E-state index in [1.54, 1.807) is 0 Å². The molecular formula is C16H22BrN3. The molecule has 0 aliphatic rings. The van der Waals surface area contributed by atoms with Gasteiger partial charge in [0.2, 0.25) is 0 Å². The van der Waals surface area contributed by atoms with Gasteiger partial charge in [0.05, 0.1) is 21.5 Å². The van der Waals surface area contributed by atoms with Crippen molar-refractivity contribution in [3.05, 3.63) is 45.7 Å². The molecule has 1 aromatic carbocycles. The van der Waals surface area contributed by atoms with Gasteiger partial charge in [-0.05, 0) is 61.3 Å². The summed E-state index contributed by atoms with van der Waals surface area (Å²) in [5.74, 6) is 0. The lowest BCUT2D eigenvalue weighted by Crippen LogP contribution is -2.21. The first-order valence-corrected chi connectivity index (χ1v) is 7.90. The summed E-state index contributed by atoms with van der Waals surface area (Å²) in [5, 5.41) is 8.19. The molecule has 0 amide bonds. The largest absolute Gasteiger partial charge is 0.310 e. The number of aryl methyl sites for hydroxylation is 1. The van der Waals surface area contributed by atoms with Crippen LogP contribution in [-0.2, 0) is 0 Å². The summed E-state index contributed by atoms with van der Waals surface area (Å²) < 4.78 is 3.11. The number of hydrogen-bond acceptors (Lipinski definition) is 2. The van der Waals surface area contributed by atoms with Crippen molar-refractivity contribution in [2.45, 2.75) is 40.2 Å². The highest BCUT2D eigenvalue weighted by molar-refractivity contribution is 9.10. The van der Waals surface area contributed by atoms with Crippen LogP contribution in [0.1, 0.15) is 43.3 Å². The third-order valence-electron chi connectivity index (χ3n) is 3.53. The van der Waals surface area contributed by atoms with Gasteiger partial charge in [0.1, 0.15) is 0 Å². The Morgan fingerprint density at radius 1 is 1.30 bits per heavy atom. The van der Waals surface area contributed by atoms with Crippen molar-refractivity contribution in [2.24, 2.45) is 0 Å². The topological polar surface area (TPSA) is 29.9 Å². The van der Waals surface area contributed by atoms with Crippen LogP contribution in [0.4, 0.5) is 0 Å². The van der Waals surface area contributed by atoms with Gasteiger partial charge in [-0.15, -0.1) is 0 Å². The zero-order valence-electron chi connectivity index (χ0n) is 12.6. The standard InChI is InChI=1S/C16H22BrN3/c1-5-10-18-11(2)14-8-6-7-9-15(14)20-13(4)16(17)12(3)19-20/h6-9,11,18H,5,10H2,1-4H3. The lowest BCUT2D eigenvalue weighted by molar-refractivity contribution is 0.566. The molecular weight excluding hydrogens is 314 g/mol. The number of benzene rings is 1. The van der Waals surface area contributed by atoms with Crippen molar-refractivity contribution < 1.29 is 0 Å². The van der Waals surface area contributed by atoms with Crippen LogP contribution in [0.5, 0.6) is 0 Å². The Labute approximate surface area is 129 Å². The predicted octanol–water partition coefficient (Wildman–Crippen LogP) is 4.31. The third kappa shape index (κ3) is 2.96. The molecule has 0 saturated heterocycles. The first kappa shape index (κ1) is 15.3. The fraction of sp³-hybridized carbons (Fsp3) is 0.438. The third-order valence-corrected chi connectivity index (χ3v) is 4.68. The van der Waals surface area contributed by atoms with Crippen molar-refractivity contribution in [1.29, 1.82) is 0 Å². The predicted molar refractivity (Wildman–Crippen MR) is 87.4 cm³/mol. The molecule has 108 valence electrons. The molecule has 0 radical (unpaired) electrons. The van der Waals surface area contributed by atoms with Crippen molar-refractivity contribution in [3.63, 3.8) is 0 Å². The molecule has 2 rings (SSSR count). The first-order chi connectivity index (χ1) is 9.56. The minimum Gasteiger partial charge on any atom is -0.310 e. The molecule has 1 atom stereocenters. The Kier molecular flexibility index (Phi) is 5.00. The van der Waals surface area contributed by atoms with E-state index in [-0.39, 0.29) is 0 Å². The first-order valence-electron chi connectivity index (χ1n) is 7.10. The molecule has 0 aliphatic heterocycles. The summed E-state index contributed by atoms with van der Waals surface area (Å²) in [6.07, 6.45) is 1.14. The van der Waals surface area contributed by atoms with Crippen molar-refractivity contribution in [1.82, 2.24) is 15.1 Å². The van der Waals surface area contributed by atoms with Gasteiger partial charge in [-0.2, -0.15) is 5.10 Å². The smallest absolute Gasteiger partial charge is 0.0743 e. The van der Waals surface area contributed by atoms with Gasteiger partial charge in [0, 0.05) is 6.04 Å². The van der Waals surface area contributed by atoms with Crippen LogP contribution in [0.2, 0.25) is 0 Å². The lowest BCUT2D eigenvalue weighted by Gasteiger charge is -2.18. The molecule has 2 aromatic rings. The highest BCUT2D eigenvalue weighted by Gasteiger charge is 2.15. The maximum Gasteiger partial charge on any atom is 0.0743 e. The van der Waals surface area contributed by atoms with E-state index in [0.29, 0.717) is 6.04 Å². The molecule has 0 fully saturated rings.